The van der Waals surface area contributed by atoms with Crippen LogP contribution in [0, 0.1) is 0 Å². The Labute approximate surface area is 115 Å². The van der Waals surface area contributed by atoms with E-state index < -0.39 is 10.2 Å². The number of rotatable bonds is 5. The van der Waals surface area contributed by atoms with E-state index in [2.05, 4.69) is 4.72 Å². The van der Waals surface area contributed by atoms with Crippen molar-refractivity contribution in [1.82, 2.24) is 9.03 Å². The van der Waals surface area contributed by atoms with E-state index in [1.165, 1.54) is 4.31 Å². The summed E-state index contributed by atoms with van der Waals surface area (Å²) in [4.78, 5) is 0. The molecule has 1 aliphatic heterocycles. The van der Waals surface area contributed by atoms with Crippen molar-refractivity contribution in [2.75, 3.05) is 20.3 Å². The van der Waals surface area contributed by atoms with Crippen molar-refractivity contribution >= 4 is 10.2 Å². The highest BCUT2D eigenvalue weighted by molar-refractivity contribution is 7.87. The summed E-state index contributed by atoms with van der Waals surface area (Å²) >= 11 is 0. The highest BCUT2D eigenvalue weighted by Gasteiger charge is 2.36. The van der Waals surface area contributed by atoms with E-state index in [0.29, 0.717) is 6.54 Å². The van der Waals surface area contributed by atoms with Crippen molar-refractivity contribution in [2.24, 2.45) is 0 Å². The summed E-state index contributed by atoms with van der Waals surface area (Å²) in [6.45, 7) is 0.379. The summed E-state index contributed by atoms with van der Waals surface area (Å²) < 4.78 is 34.3. The fourth-order valence-corrected chi connectivity index (χ4v) is 4.80. The molecular weight excluding hydrogens is 268 g/mol. The van der Waals surface area contributed by atoms with Crippen LogP contribution in [0.4, 0.5) is 0 Å². The predicted octanol–water partition coefficient (Wildman–Crippen LogP) is 0.235. The van der Waals surface area contributed by atoms with E-state index in [0.717, 1.165) is 38.5 Å². The molecule has 112 valence electrons. The van der Waals surface area contributed by atoms with Gasteiger partial charge in [0.2, 0.25) is 0 Å². The van der Waals surface area contributed by atoms with Gasteiger partial charge in [0, 0.05) is 25.7 Å². The Morgan fingerprint density at radius 3 is 2.74 bits per heavy atom. The van der Waals surface area contributed by atoms with Gasteiger partial charge in [0.15, 0.2) is 0 Å². The molecule has 0 radical (unpaired) electrons. The van der Waals surface area contributed by atoms with Gasteiger partial charge in [0.1, 0.15) is 0 Å². The third-order valence-electron chi connectivity index (χ3n) is 4.15. The molecule has 1 saturated carbocycles. The van der Waals surface area contributed by atoms with Crippen LogP contribution in [0.3, 0.4) is 0 Å². The Balaban J connectivity index is 2.04. The van der Waals surface area contributed by atoms with E-state index in [1.54, 1.807) is 7.11 Å². The van der Waals surface area contributed by atoms with Gasteiger partial charge in [0.05, 0.1) is 12.7 Å². The van der Waals surface area contributed by atoms with Gasteiger partial charge in [-0.05, 0) is 32.1 Å². The van der Waals surface area contributed by atoms with Crippen LogP contribution in [-0.4, -0.2) is 56.3 Å². The summed E-state index contributed by atoms with van der Waals surface area (Å²) in [7, 11) is -1.91. The van der Waals surface area contributed by atoms with Gasteiger partial charge < -0.3 is 9.84 Å². The average Bonchev–Trinajstić information content (AvgIpc) is 2.85. The van der Waals surface area contributed by atoms with Gasteiger partial charge in [-0.3, -0.25) is 0 Å². The van der Waals surface area contributed by atoms with Crippen LogP contribution >= 0.6 is 0 Å². The lowest BCUT2D eigenvalue weighted by Gasteiger charge is -2.34. The van der Waals surface area contributed by atoms with Crippen molar-refractivity contribution < 1.29 is 18.3 Å². The quantitative estimate of drug-likeness (QED) is 0.760. The molecule has 3 unspecified atom stereocenters. The zero-order valence-corrected chi connectivity index (χ0v) is 12.2. The van der Waals surface area contributed by atoms with Crippen LogP contribution in [0.15, 0.2) is 0 Å². The molecule has 3 atom stereocenters. The predicted molar refractivity (Wildman–Crippen MR) is 71.9 cm³/mol. The molecule has 2 N–H and O–H groups in total. The van der Waals surface area contributed by atoms with E-state index in [4.69, 9.17) is 4.74 Å². The lowest BCUT2D eigenvalue weighted by Crippen LogP contribution is -2.54. The van der Waals surface area contributed by atoms with Gasteiger partial charge in [-0.1, -0.05) is 6.42 Å². The topological polar surface area (TPSA) is 78.9 Å². The maximum Gasteiger partial charge on any atom is 0.280 e. The molecule has 0 spiro atoms. The second kappa shape index (κ2) is 6.49. The van der Waals surface area contributed by atoms with Gasteiger partial charge in [-0.2, -0.15) is 17.4 Å². The largest absolute Gasteiger partial charge is 0.395 e. The molecule has 0 aromatic carbocycles. The number of methoxy groups -OCH3 is 1. The number of hydrogen-bond donors (Lipinski definition) is 2. The standard InChI is InChI=1S/C12H24N2O4S/c1-18-12-7-4-6-11(12)13-19(16,17)14-8-3-2-5-10(14)9-15/h10-13,15H,2-9H2,1H3. The van der Waals surface area contributed by atoms with Gasteiger partial charge in [-0.15, -0.1) is 0 Å². The van der Waals surface area contributed by atoms with Crippen molar-refractivity contribution in [3.8, 4) is 0 Å². The van der Waals surface area contributed by atoms with Crippen LogP contribution in [-0.2, 0) is 14.9 Å². The van der Waals surface area contributed by atoms with Crippen molar-refractivity contribution in [2.45, 2.75) is 56.7 Å². The van der Waals surface area contributed by atoms with Crippen molar-refractivity contribution in [3.05, 3.63) is 0 Å². The lowest BCUT2D eigenvalue weighted by molar-refractivity contribution is 0.0899. The lowest BCUT2D eigenvalue weighted by atomic mass is 10.1. The summed E-state index contributed by atoms with van der Waals surface area (Å²) in [5, 5.41) is 9.33. The molecule has 6 nitrogen and oxygen atoms in total. The first-order chi connectivity index (χ1) is 9.08. The molecule has 2 rings (SSSR count). The average molecular weight is 292 g/mol. The number of hydrogen-bond acceptors (Lipinski definition) is 4. The Morgan fingerprint density at radius 2 is 2.05 bits per heavy atom. The van der Waals surface area contributed by atoms with Crippen molar-refractivity contribution in [1.29, 1.82) is 0 Å². The SMILES string of the molecule is COC1CCCC1NS(=O)(=O)N1CCCCC1CO. The highest BCUT2D eigenvalue weighted by atomic mass is 32.2. The smallest absolute Gasteiger partial charge is 0.280 e. The van der Waals surface area contributed by atoms with E-state index >= 15 is 0 Å². The van der Waals surface area contributed by atoms with Gasteiger partial charge >= 0.3 is 0 Å². The van der Waals surface area contributed by atoms with Crippen LogP contribution in [0.2, 0.25) is 0 Å². The fourth-order valence-electron chi connectivity index (χ4n) is 3.07. The first-order valence-electron chi connectivity index (χ1n) is 7.01. The molecule has 7 heteroatoms. The van der Waals surface area contributed by atoms with E-state index in [-0.39, 0.29) is 24.8 Å². The molecule has 0 aromatic rings. The first kappa shape index (κ1) is 15.2. The zero-order chi connectivity index (χ0) is 13.9. The van der Waals surface area contributed by atoms with Gasteiger partial charge in [0.25, 0.3) is 10.2 Å². The third-order valence-corrected chi connectivity index (χ3v) is 5.85. The second-order valence-corrected chi connectivity index (χ2v) is 7.03. The summed E-state index contributed by atoms with van der Waals surface area (Å²) in [6.07, 6.45) is 5.22. The molecule has 1 heterocycles. The van der Waals surface area contributed by atoms with Crippen LogP contribution in [0.25, 0.3) is 0 Å². The highest BCUT2D eigenvalue weighted by Crippen LogP contribution is 2.25. The Kier molecular flexibility index (Phi) is 5.19. The Hall–Kier alpha value is -0.210. The minimum Gasteiger partial charge on any atom is -0.395 e. The van der Waals surface area contributed by atoms with Crippen LogP contribution < -0.4 is 4.72 Å². The number of nitrogens with one attached hydrogen (secondary N) is 1. The molecule has 1 aliphatic carbocycles. The second-order valence-electron chi connectivity index (χ2n) is 5.38. The molecule has 2 aliphatic rings. The monoisotopic (exact) mass is 292 g/mol. The van der Waals surface area contributed by atoms with E-state index in [1.807, 2.05) is 0 Å². The maximum absolute atomic E-state index is 12.4. The fraction of sp³-hybridized carbons (Fsp3) is 1.00. The summed E-state index contributed by atoms with van der Waals surface area (Å²) in [5.74, 6) is 0. The molecular formula is C12H24N2O4S. The molecule has 0 bridgehead atoms. The molecule has 2 fully saturated rings. The Morgan fingerprint density at radius 1 is 1.26 bits per heavy atom. The molecule has 0 amide bonds. The number of nitrogens with zero attached hydrogens (tertiary/aromatic N) is 1. The van der Waals surface area contributed by atoms with E-state index in [9.17, 15) is 13.5 Å². The Bertz CT molecular complexity index is 387. The maximum atomic E-state index is 12.4. The minimum atomic E-state index is -3.53. The molecule has 0 aromatic heterocycles. The molecule has 19 heavy (non-hydrogen) atoms. The number of piperidine rings is 1. The molecule has 1 saturated heterocycles. The summed E-state index contributed by atoms with van der Waals surface area (Å²) in [5.41, 5.74) is 0. The first-order valence-corrected chi connectivity index (χ1v) is 8.45. The number of aliphatic hydroxyl groups is 1. The number of aliphatic hydroxyl groups excluding tert-OH is 1. The van der Waals surface area contributed by atoms with Crippen molar-refractivity contribution in [3.63, 3.8) is 0 Å². The zero-order valence-electron chi connectivity index (χ0n) is 11.4. The normalized spacial score (nSPS) is 33.7. The number of ether oxygens (including phenoxy) is 1. The minimum absolute atomic E-state index is 0.0351. The van der Waals surface area contributed by atoms with Crippen LogP contribution in [0.1, 0.15) is 38.5 Å². The van der Waals surface area contributed by atoms with Crippen LogP contribution in [0.5, 0.6) is 0 Å². The third kappa shape index (κ3) is 3.46. The van der Waals surface area contributed by atoms with Gasteiger partial charge in [-0.25, -0.2) is 0 Å². The summed E-state index contributed by atoms with van der Waals surface area (Å²) in [6, 6.07) is -0.426.